The Kier molecular flexibility index (Phi) is 5.63. The molecule has 0 amide bonds. The van der Waals surface area contributed by atoms with Crippen molar-refractivity contribution < 1.29 is 9.45 Å². The van der Waals surface area contributed by atoms with Crippen molar-refractivity contribution in [2.24, 2.45) is 0 Å². The largest absolute Gasteiger partial charge is 0.333 e. The summed E-state index contributed by atoms with van der Waals surface area (Å²) in [6, 6.07) is 27.6. The van der Waals surface area contributed by atoms with Crippen molar-refractivity contribution in [1.82, 2.24) is 10.1 Å². The van der Waals surface area contributed by atoms with Gasteiger partial charge in [0.1, 0.15) is 11.6 Å². The van der Waals surface area contributed by atoms with Gasteiger partial charge in [0, 0.05) is 12.1 Å². The van der Waals surface area contributed by atoms with Crippen LogP contribution in [0.4, 0.5) is 5.69 Å². The van der Waals surface area contributed by atoms with Gasteiger partial charge in [0.25, 0.3) is 11.6 Å². The van der Waals surface area contributed by atoms with Crippen LogP contribution in [-0.2, 0) is 0 Å². The molecule has 1 heterocycles. The van der Waals surface area contributed by atoms with Crippen molar-refractivity contribution in [2.75, 3.05) is 0 Å². The summed E-state index contributed by atoms with van der Waals surface area (Å²) in [5.74, 6) is 0.282. The molecule has 150 valence electrons. The van der Waals surface area contributed by atoms with Gasteiger partial charge in [0.05, 0.1) is 10.8 Å². The Morgan fingerprint density at radius 3 is 2.06 bits per heavy atom. The van der Waals surface area contributed by atoms with Gasteiger partial charge >= 0.3 is 0 Å². The minimum atomic E-state index is -0.476. The van der Waals surface area contributed by atoms with Gasteiger partial charge in [0.15, 0.2) is 5.82 Å². The molecule has 4 aromatic rings. The number of nitrogens with zero attached hydrogens (tertiary/aromatic N) is 4. The minimum Gasteiger partial charge on any atom is -0.333 e. The summed E-state index contributed by atoms with van der Waals surface area (Å²) in [7, 11) is 0. The van der Waals surface area contributed by atoms with Crippen LogP contribution in [0.5, 0.6) is 0 Å². The van der Waals surface area contributed by atoms with E-state index in [4.69, 9.17) is 4.52 Å². The van der Waals surface area contributed by atoms with Crippen molar-refractivity contribution in [3.8, 4) is 6.07 Å². The van der Waals surface area contributed by atoms with Crippen LogP contribution < -0.4 is 0 Å². The predicted molar refractivity (Wildman–Crippen MR) is 115 cm³/mol. The third-order valence-electron chi connectivity index (χ3n) is 4.73. The highest BCUT2D eigenvalue weighted by Crippen LogP contribution is 2.31. The Labute approximate surface area is 178 Å². The van der Waals surface area contributed by atoms with E-state index in [9.17, 15) is 15.4 Å². The first-order valence-electron chi connectivity index (χ1n) is 9.46. The number of rotatable bonds is 6. The molecule has 0 saturated heterocycles. The van der Waals surface area contributed by atoms with Crippen molar-refractivity contribution in [3.05, 3.63) is 123 Å². The molecule has 1 aromatic heterocycles. The number of allylic oxidation sites excluding steroid dienone is 1. The quantitative estimate of drug-likeness (QED) is 0.246. The van der Waals surface area contributed by atoms with E-state index < -0.39 is 4.92 Å². The van der Waals surface area contributed by atoms with Crippen LogP contribution >= 0.6 is 0 Å². The third kappa shape index (κ3) is 4.38. The molecule has 0 spiro atoms. The first-order chi connectivity index (χ1) is 15.2. The molecule has 0 unspecified atom stereocenters. The SMILES string of the molecule is N#C/C(=C\c1ccc([N+](=O)[O-])cc1)c1nc(C(c2ccccc2)c2ccccc2)no1. The summed E-state index contributed by atoms with van der Waals surface area (Å²) in [6.07, 6.45) is 1.56. The molecule has 0 fully saturated rings. The number of aromatic nitrogens is 2. The standard InChI is InChI=1S/C24H16N4O3/c25-16-20(15-17-11-13-21(14-12-17)28(29)30)24-26-23(27-31-24)22(18-7-3-1-4-8-18)19-9-5-2-6-10-19/h1-15,22H/b20-15+. The predicted octanol–water partition coefficient (Wildman–Crippen LogP) is 5.22. The highest BCUT2D eigenvalue weighted by atomic mass is 16.6. The van der Waals surface area contributed by atoms with Crippen LogP contribution in [-0.4, -0.2) is 15.1 Å². The molecular formula is C24H16N4O3. The van der Waals surface area contributed by atoms with Crippen molar-refractivity contribution in [3.63, 3.8) is 0 Å². The van der Waals surface area contributed by atoms with E-state index in [-0.39, 0.29) is 23.1 Å². The monoisotopic (exact) mass is 408 g/mol. The lowest BCUT2D eigenvalue weighted by Crippen LogP contribution is -2.05. The molecule has 0 radical (unpaired) electrons. The van der Waals surface area contributed by atoms with Gasteiger partial charge in [0.2, 0.25) is 0 Å². The van der Waals surface area contributed by atoms with Crippen LogP contribution in [0.15, 0.2) is 89.5 Å². The average molecular weight is 408 g/mol. The molecule has 3 aromatic carbocycles. The van der Waals surface area contributed by atoms with E-state index in [0.717, 1.165) is 11.1 Å². The molecule has 0 N–H and O–H groups in total. The van der Waals surface area contributed by atoms with Crippen LogP contribution in [0.1, 0.15) is 34.3 Å². The van der Waals surface area contributed by atoms with Gasteiger partial charge in [-0.2, -0.15) is 10.2 Å². The molecule has 0 atom stereocenters. The van der Waals surface area contributed by atoms with Crippen molar-refractivity contribution in [2.45, 2.75) is 5.92 Å². The number of non-ortho nitro benzene ring substituents is 1. The molecule has 0 aliphatic heterocycles. The summed E-state index contributed by atoms with van der Waals surface area (Å²) in [6.45, 7) is 0. The Hall–Kier alpha value is -4.57. The van der Waals surface area contributed by atoms with E-state index in [1.54, 1.807) is 18.2 Å². The van der Waals surface area contributed by atoms with E-state index in [0.29, 0.717) is 11.4 Å². The van der Waals surface area contributed by atoms with Gasteiger partial charge in [-0.05, 0) is 34.9 Å². The lowest BCUT2D eigenvalue weighted by Gasteiger charge is -2.13. The summed E-state index contributed by atoms with van der Waals surface area (Å²) in [4.78, 5) is 14.8. The zero-order valence-corrected chi connectivity index (χ0v) is 16.3. The minimum absolute atomic E-state index is 0.0238. The van der Waals surface area contributed by atoms with Gasteiger partial charge in [-0.25, -0.2) is 0 Å². The Balaban J connectivity index is 1.70. The zero-order chi connectivity index (χ0) is 21.6. The lowest BCUT2D eigenvalue weighted by atomic mass is 9.91. The first kappa shape index (κ1) is 19.7. The van der Waals surface area contributed by atoms with Crippen molar-refractivity contribution >= 4 is 17.3 Å². The fourth-order valence-electron chi connectivity index (χ4n) is 3.24. The zero-order valence-electron chi connectivity index (χ0n) is 16.3. The van der Waals surface area contributed by atoms with E-state index in [1.807, 2.05) is 60.7 Å². The highest BCUT2D eigenvalue weighted by Gasteiger charge is 2.23. The number of nitro groups is 1. The summed E-state index contributed by atoms with van der Waals surface area (Å²) in [5, 5.41) is 24.6. The molecule has 0 aliphatic carbocycles. The lowest BCUT2D eigenvalue weighted by molar-refractivity contribution is -0.384. The topological polar surface area (TPSA) is 106 Å². The normalized spacial score (nSPS) is 11.3. The molecule has 31 heavy (non-hydrogen) atoms. The highest BCUT2D eigenvalue weighted by molar-refractivity contribution is 5.86. The number of benzene rings is 3. The second-order valence-electron chi connectivity index (χ2n) is 6.73. The second-order valence-corrected chi connectivity index (χ2v) is 6.73. The van der Waals surface area contributed by atoms with Gasteiger partial charge in [-0.3, -0.25) is 10.1 Å². The Bertz CT molecular complexity index is 1220. The summed E-state index contributed by atoms with van der Waals surface area (Å²) >= 11 is 0. The van der Waals surface area contributed by atoms with Crippen LogP contribution in [0.3, 0.4) is 0 Å². The van der Waals surface area contributed by atoms with Gasteiger partial charge < -0.3 is 4.52 Å². The first-order valence-corrected chi connectivity index (χ1v) is 9.46. The smallest absolute Gasteiger partial charge is 0.269 e. The molecule has 7 nitrogen and oxygen atoms in total. The van der Waals surface area contributed by atoms with Gasteiger partial charge in [-0.15, -0.1) is 0 Å². The number of hydrogen-bond donors (Lipinski definition) is 0. The van der Waals surface area contributed by atoms with Gasteiger partial charge in [-0.1, -0.05) is 65.8 Å². The number of nitro benzene ring substituents is 1. The fraction of sp³-hybridized carbons (Fsp3) is 0.0417. The summed E-state index contributed by atoms with van der Waals surface area (Å²) in [5.41, 5.74) is 2.76. The van der Waals surface area contributed by atoms with Crippen LogP contribution in [0.25, 0.3) is 11.6 Å². The molecule has 0 aliphatic rings. The van der Waals surface area contributed by atoms with Crippen LogP contribution in [0.2, 0.25) is 0 Å². The Morgan fingerprint density at radius 1 is 0.968 bits per heavy atom. The molecule has 0 saturated carbocycles. The number of hydrogen-bond acceptors (Lipinski definition) is 6. The maximum Gasteiger partial charge on any atom is 0.269 e. The van der Waals surface area contributed by atoms with Crippen LogP contribution in [0, 0.1) is 21.4 Å². The van der Waals surface area contributed by atoms with Crippen molar-refractivity contribution in [1.29, 1.82) is 5.26 Å². The molecular weight excluding hydrogens is 392 g/mol. The third-order valence-corrected chi connectivity index (χ3v) is 4.73. The summed E-state index contributed by atoms with van der Waals surface area (Å²) < 4.78 is 5.42. The Morgan fingerprint density at radius 2 is 1.55 bits per heavy atom. The van der Waals surface area contributed by atoms with E-state index in [2.05, 4.69) is 16.2 Å². The molecule has 0 bridgehead atoms. The van der Waals surface area contributed by atoms with E-state index in [1.165, 1.54) is 12.1 Å². The second kappa shape index (κ2) is 8.84. The van der Waals surface area contributed by atoms with E-state index >= 15 is 0 Å². The maximum absolute atomic E-state index is 10.8. The number of nitriles is 1. The molecule has 7 heteroatoms. The fourth-order valence-corrected chi connectivity index (χ4v) is 3.24. The maximum atomic E-state index is 10.8. The molecule has 4 rings (SSSR count). The average Bonchev–Trinajstić information content (AvgIpc) is 3.29.